The van der Waals surface area contributed by atoms with Crippen LogP contribution < -0.4 is 10.1 Å². The van der Waals surface area contributed by atoms with E-state index in [1.165, 1.54) is 6.07 Å². The van der Waals surface area contributed by atoms with Gasteiger partial charge < -0.3 is 10.1 Å². The number of fused-ring (bicyclic) bond motifs is 1. The molecular formula is C25H23ClN2O4S. The lowest BCUT2D eigenvalue weighted by atomic mass is 9.98. The second-order valence-corrected chi connectivity index (χ2v) is 10.1. The molecule has 0 amide bonds. The summed E-state index contributed by atoms with van der Waals surface area (Å²) in [5.74, 6) is 0.144. The average molecular weight is 483 g/mol. The van der Waals surface area contributed by atoms with Crippen LogP contribution in [0, 0.1) is 6.92 Å². The van der Waals surface area contributed by atoms with Crippen LogP contribution in [-0.2, 0) is 14.8 Å². The molecule has 1 unspecified atom stereocenters. The van der Waals surface area contributed by atoms with Gasteiger partial charge in [0.1, 0.15) is 10.6 Å². The van der Waals surface area contributed by atoms with E-state index in [1.54, 1.807) is 36.4 Å². The number of esters is 1. The van der Waals surface area contributed by atoms with E-state index in [4.69, 9.17) is 16.3 Å². The molecule has 3 aromatic rings. The number of halogens is 1. The zero-order chi connectivity index (χ0) is 23.8. The van der Waals surface area contributed by atoms with Gasteiger partial charge in [0.2, 0.25) is 0 Å². The smallest absolute Gasteiger partial charge is 0.334 e. The summed E-state index contributed by atoms with van der Waals surface area (Å²) >= 11 is 6.34. The highest BCUT2D eigenvalue weighted by Gasteiger charge is 2.29. The van der Waals surface area contributed by atoms with E-state index < -0.39 is 21.4 Å². The molecular weight excluding hydrogens is 460 g/mol. The number of amidine groups is 1. The Bertz CT molecular complexity index is 1350. The molecule has 1 heterocycles. The predicted molar refractivity (Wildman–Crippen MR) is 130 cm³/mol. The van der Waals surface area contributed by atoms with Gasteiger partial charge in [0, 0.05) is 11.3 Å². The normalized spacial score (nSPS) is 15.0. The molecule has 3 aromatic carbocycles. The van der Waals surface area contributed by atoms with Crippen LogP contribution in [0.5, 0.6) is 5.75 Å². The van der Waals surface area contributed by atoms with Crippen LogP contribution in [0.25, 0.3) is 0 Å². The first-order chi connectivity index (χ1) is 15.7. The first-order valence-electron chi connectivity index (χ1n) is 10.4. The van der Waals surface area contributed by atoms with E-state index in [2.05, 4.69) is 9.71 Å². The summed E-state index contributed by atoms with van der Waals surface area (Å²) in [5.41, 5.74) is 3.39. The number of aryl methyl sites for hydroxylation is 1. The number of benzene rings is 3. The van der Waals surface area contributed by atoms with E-state index in [0.717, 1.165) is 11.1 Å². The summed E-state index contributed by atoms with van der Waals surface area (Å²) in [6.45, 7) is 5.80. The Labute approximate surface area is 198 Å². The molecule has 0 spiro atoms. The number of rotatable bonds is 5. The number of hydrogen-bond donors (Lipinski definition) is 1. The largest absolute Gasteiger partial charge is 0.425 e. The fourth-order valence-corrected chi connectivity index (χ4v) is 4.98. The lowest BCUT2D eigenvalue weighted by molar-refractivity contribution is -0.134. The van der Waals surface area contributed by atoms with Crippen LogP contribution in [0.4, 0.5) is 5.69 Å². The molecule has 0 fully saturated rings. The number of carbonyl (C=O) groups excluding carboxylic acids is 1. The van der Waals surface area contributed by atoms with Crippen molar-refractivity contribution in [1.29, 1.82) is 0 Å². The minimum Gasteiger partial charge on any atom is -0.425 e. The fourth-order valence-electron chi connectivity index (χ4n) is 3.61. The van der Waals surface area contributed by atoms with E-state index in [1.807, 2.05) is 45.0 Å². The molecule has 1 aliphatic rings. The Kier molecular flexibility index (Phi) is 6.28. The molecule has 33 heavy (non-hydrogen) atoms. The van der Waals surface area contributed by atoms with Gasteiger partial charge in [-0.05, 0) is 53.8 Å². The summed E-state index contributed by atoms with van der Waals surface area (Å²) in [4.78, 5) is 12.9. The van der Waals surface area contributed by atoms with Crippen LogP contribution >= 0.6 is 11.6 Å². The van der Waals surface area contributed by atoms with Gasteiger partial charge in [-0.3, -0.25) is 0 Å². The van der Waals surface area contributed by atoms with E-state index >= 15 is 0 Å². The Balaban J connectivity index is 1.64. The third kappa shape index (κ3) is 4.65. The molecule has 6 nitrogen and oxygen atoms in total. The Morgan fingerprint density at radius 3 is 2.39 bits per heavy atom. The number of alkyl halides is 1. The molecule has 1 aliphatic heterocycles. The van der Waals surface area contributed by atoms with Crippen LogP contribution in [0.1, 0.15) is 47.4 Å². The van der Waals surface area contributed by atoms with Crippen molar-refractivity contribution >= 4 is 39.1 Å². The molecule has 0 aromatic heterocycles. The molecule has 0 saturated carbocycles. The highest BCUT2D eigenvalue weighted by atomic mass is 35.5. The number of ether oxygens (including phenoxy) is 1. The van der Waals surface area contributed by atoms with Gasteiger partial charge in [0.15, 0.2) is 11.2 Å². The van der Waals surface area contributed by atoms with Crippen molar-refractivity contribution < 1.29 is 17.9 Å². The van der Waals surface area contributed by atoms with Crippen molar-refractivity contribution in [2.75, 3.05) is 5.32 Å². The van der Waals surface area contributed by atoms with Gasteiger partial charge in [-0.15, -0.1) is 16.0 Å². The summed E-state index contributed by atoms with van der Waals surface area (Å²) in [7, 11) is -3.73. The minimum absolute atomic E-state index is 0.0287. The van der Waals surface area contributed by atoms with E-state index in [-0.39, 0.29) is 16.6 Å². The molecule has 0 saturated heterocycles. The Morgan fingerprint density at radius 2 is 1.70 bits per heavy atom. The van der Waals surface area contributed by atoms with Gasteiger partial charge in [0.25, 0.3) is 10.0 Å². The topological polar surface area (TPSA) is 84.8 Å². The predicted octanol–water partition coefficient (Wildman–Crippen LogP) is 5.56. The highest BCUT2D eigenvalue weighted by Crippen LogP contribution is 2.35. The number of hydrogen-bond acceptors (Lipinski definition) is 5. The van der Waals surface area contributed by atoms with Crippen molar-refractivity contribution in [3.05, 3.63) is 89.0 Å². The van der Waals surface area contributed by atoms with Crippen LogP contribution in [0.3, 0.4) is 0 Å². The lowest BCUT2D eigenvalue weighted by Gasteiger charge is -2.19. The third-order valence-corrected chi connectivity index (χ3v) is 7.14. The molecule has 1 N–H and O–H groups in total. The van der Waals surface area contributed by atoms with Crippen molar-refractivity contribution in [1.82, 2.24) is 0 Å². The zero-order valence-electron chi connectivity index (χ0n) is 18.4. The number of sulfonamides is 1. The van der Waals surface area contributed by atoms with Gasteiger partial charge in [-0.1, -0.05) is 56.3 Å². The third-order valence-electron chi connectivity index (χ3n) is 5.37. The van der Waals surface area contributed by atoms with Gasteiger partial charge in [-0.2, -0.15) is 8.42 Å². The van der Waals surface area contributed by atoms with Gasteiger partial charge in [-0.25, -0.2) is 4.79 Å². The molecule has 0 radical (unpaired) electrons. The van der Waals surface area contributed by atoms with Crippen molar-refractivity contribution in [3.8, 4) is 5.75 Å². The maximum absolute atomic E-state index is 12.7. The maximum Gasteiger partial charge on any atom is 0.334 e. The molecule has 170 valence electrons. The average Bonchev–Trinajstić information content (AvgIpc) is 3.05. The number of nitrogens with one attached hydrogen (secondary N) is 1. The molecule has 4 rings (SSSR count). The van der Waals surface area contributed by atoms with Crippen molar-refractivity contribution in [3.63, 3.8) is 0 Å². The maximum atomic E-state index is 12.7. The standard InChI is InChI=1S/C25H23ClN2O4S/c1-15(2)19-14-20(27-24-18-11-7-8-12-22(18)33(30,31)28-24)16(3)13-21(19)32-25(29)23(26)17-9-5-4-6-10-17/h4-15,23H,1-3H3,(H,27,28). The fraction of sp³-hybridized carbons (Fsp3) is 0.200. The first-order valence-corrected chi connectivity index (χ1v) is 12.3. The van der Waals surface area contributed by atoms with Crippen LogP contribution in [0.2, 0.25) is 0 Å². The van der Waals surface area contributed by atoms with Crippen molar-refractivity contribution in [2.45, 2.75) is 37.0 Å². The van der Waals surface area contributed by atoms with Gasteiger partial charge >= 0.3 is 5.97 Å². The second-order valence-electron chi connectivity index (χ2n) is 8.09. The van der Waals surface area contributed by atoms with Crippen molar-refractivity contribution in [2.24, 2.45) is 4.40 Å². The summed E-state index contributed by atoms with van der Waals surface area (Å²) in [6.07, 6.45) is 0. The summed E-state index contributed by atoms with van der Waals surface area (Å²) in [6, 6.07) is 19.3. The van der Waals surface area contributed by atoms with E-state index in [9.17, 15) is 13.2 Å². The lowest BCUT2D eigenvalue weighted by Crippen LogP contribution is -2.17. The van der Waals surface area contributed by atoms with Crippen LogP contribution in [-0.4, -0.2) is 20.2 Å². The Hall–Kier alpha value is -3.16. The van der Waals surface area contributed by atoms with E-state index in [0.29, 0.717) is 22.6 Å². The number of carbonyl (C=O) groups is 1. The first kappa shape index (κ1) is 23.0. The highest BCUT2D eigenvalue weighted by molar-refractivity contribution is 7.90. The number of nitrogens with zero attached hydrogens (tertiary/aromatic N) is 1. The second kappa shape index (κ2) is 9.00. The molecule has 0 aliphatic carbocycles. The SMILES string of the molecule is Cc1cc(OC(=O)C(Cl)c2ccccc2)c(C(C)C)cc1NC1=NS(=O)(=O)c2ccccc21. The molecule has 1 atom stereocenters. The zero-order valence-corrected chi connectivity index (χ0v) is 19.9. The Morgan fingerprint density at radius 1 is 1.03 bits per heavy atom. The monoisotopic (exact) mass is 482 g/mol. The number of anilines is 1. The molecule has 0 bridgehead atoms. The van der Waals surface area contributed by atoms with Crippen LogP contribution in [0.15, 0.2) is 76.0 Å². The quantitative estimate of drug-likeness (QED) is 0.292. The minimum atomic E-state index is -3.73. The van der Waals surface area contributed by atoms with Gasteiger partial charge in [0.05, 0.1) is 0 Å². The summed E-state index contributed by atoms with van der Waals surface area (Å²) < 4.78 is 34.3. The summed E-state index contributed by atoms with van der Waals surface area (Å²) in [5, 5.41) is 2.22. The molecule has 8 heteroatoms.